The third-order valence-corrected chi connectivity index (χ3v) is 14.5. The van der Waals surface area contributed by atoms with Gasteiger partial charge in [0.25, 0.3) is 0 Å². The molecule has 70 heavy (non-hydrogen) atoms. The van der Waals surface area contributed by atoms with Gasteiger partial charge >= 0.3 is 0 Å². The molecular formula is C68H56N2. The Hall–Kier alpha value is -8.20. The lowest BCUT2D eigenvalue weighted by Crippen LogP contribution is -2.13. The summed E-state index contributed by atoms with van der Waals surface area (Å²) < 4.78 is 0. The van der Waals surface area contributed by atoms with E-state index in [-0.39, 0.29) is 10.8 Å². The maximum absolute atomic E-state index is 2.40. The molecule has 0 fully saturated rings. The van der Waals surface area contributed by atoms with Gasteiger partial charge in [-0.25, -0.2) is 0 Å². The predicted molar refractivity (Wildman–Crippen MR) is 303 cm³/mol. The minimum atomic E-state index is 0.0628. The molecule has 2 nitrogen and oxygen atoms in total. The number of benzene rings is 12. The van der Waals surface area contributed by atoms with Gasteiger partial charge < -0.3 is 9.80 Å². The summed E-state index contributed by atoms with van der Waals surface area (Å²) in [5, 5.41) is 12.6. The van der Waals surface area contributed by atoms with E-state index >= 15 is 0 Å². The Morgan fingerprint density at radius 3 is 1.10 bits per heavy atom. The smallest absolute Gasteiger partial charge is 0.0468 e. The standard InChI is InChI=1S/C68H56N2/c1-67(2,3)53-26-34-56(35-27-53)69(59-32-18-45-12-7-9-14-50(45)42-59)55-30-20-47(21-31-55)61-38-22-48-25-41-64-62(39-23-49-24-40-63(61)65(48)66(49)64)52-16-11-17-58(44-52)70(57-36-28-54(29-37-57)68(4,5)6)60-33-19-46-13-8-10-15-51(46)43-60/h7-44H,1-6H3. The first-order valence-corrected chi connectivity index (χ1v) is 24.7. The molecule has 0 radical (unpaired) electrons. The third-order valence-electron chi connectivity index (χ3n) is 14.5. The fourth-order valence-corrected chi connectivity index (χ4v) is 10.7. The summed E-state index contributed by atoms with van der Waals surface area (Å²) >= 11 is 0. The number of anilines is 6. The van der Waals surface area contributed by atoms with Crippen LogP contribution in [0, 0.1) is 0 Å². The van der Waals surface area contributed by atoms with Crippen molar-refractivity contribution in [2.75, 3.05) is 9.80 Å². The summed E-state index contributed by atoms with van der Waals surface area (Å²) in [6.07, 6.45) is 0. The lowest BCUT2D eigenvalue weighted by Gasteiger charge is -2.28. The minimum Gasteiger partial charge on any atom is -0.310 e. The molecule has 0 saturated carbocycles. The lowest BCUT2D eigenvalue weighted by atomic mass is 9.87. The second-order valence-electron chi connectivity index (χ2n) is 21.1. The topological polar surface area (TPSA) is 6.48 Å². The molecule has 0 aliphatic heterocycles. The minimum absolute atomic E-state index is 0.0628. The van der Waals surface area contributed by atoms with Crippen molar-refractivity contribution < 1.29 is 0 Å². The van der Waals surface area contributed by atoms with Crippen LogP contribution in [0.3, 0.4) is 0 Å². The highest BCUT2D eigenvalue weighted by Gasteiger charge is 2.21. The van der Waals surface area contributed by atoms with Gasteiger partial charge in [-0.2, -0.15) is 0 Å². The highest BCUT2D eigenvalue weighted by Crippen LogP contribution is 2.45. The van der Waals surface area contributed by atoms with Crippen molar-refractivity contribution in [3.63, 3.8) is 0 Å². The summed E-state index contributed by atoms with van der Waals surface area (Å²) in [6.45, 7) is 13.6. The van der Waals surface area contributed by atoms with Crippen molar-refractivity contribution in [1.82, 2.24) is 0 Å². The van der Waals surface area contributed by atoms with Gasteiger partial charge in [-0.15, -0.1) is 0 Å². The highest BCUT2D eigenvalue weighted by molar-refractivity contribution is 6.27. The summed E-state index contributed by atoms with van der Waals surface area (Å²) in [6, 6.07) is 85.8. The van der Waals surface area contributed by atoms with Gasteiger partial charge in [-0.3, -0.25) is 0 Å². The molecule has 0 N–H and O–H groups in total. The Morgan fingerprint density at radius 1 is 0.257 bits per heavy atom. The monoisotopic (exact) mass is 900 g/mol. The first kappa shape index (κ1) is 43.1. The van der Waals surface area contributed by atoms with Gasteiger partial charge in [-0.1, -0.05) is 199 Å². The van der Waals surface area contributed by atoms with Crippen molar-refractivity contribution in [2.24, 2.45) is 0 Å². The molecule has 0 unspecified atom stereocenters. The first-order chi connectivity index (χ1) is 33.9. The molecule has 0 amide bonds. The van der Waals surface area contributed by atoms with Gasteiger partial charge in [0.15, 0.2) is 0 Å². The number of rotatable bonds is 8. The van der Waals surface area contributed by atoms with Crippen molar-refractivity contribution in [3.05, 3.63) is 242 Å². The van der Waals surface area contributed by atoms with E-state index in [4.69, 9.17) is 0 Å². The Bertz CT molecular complexity index is 3890. The Balaban J connectivity index is 0.945. The Morgan fingerprint density at radius 2 is 0.629 bits per heavy atom. The van der Waals surface area contributed by atoms with E-state index in [1.165, 1.54) is 87.2 Å². The molecule has 0 bridgehead atoms. The molecule has 12 rings (SSSR count). The van der Waals surface area contributed by atoms with Gasteiger partial charge in [0, 0.05) is 34.1 Å². The molecule has 2 heteroatoms. The Kier molecular flexibility index (Phi) is 10.3. The summed E-state index contributed by atoms with van der Waals surface area (Å²) in [5.41, 5.74) is 14.4. The molecule has 0 aliphatic carbocycles. The number of nitrogens with zero attached hydrogens (tertiary/aromatic N) is 2. The van der Waals surface area contributed by atoms with Crippen LogP contribution >= 0.6 is 0 Å². The zero-order valence-electron chi connectivity index (χ0n) is 40.8. The van der Waals surface area contributed by atoms with Crippen LogP contribution in [0.4, 0.5) is 34.1 Å². The Labute approximate surface area is 412 Å². The van der Waals surface area contributed by atoms with E-state index in [2.05, 4.69) is 282 Å². The average Bonchev–Trinajstić information content (AvgIpc) is 3.38. The van der Waals surface area contributed by atoms with Crippen molar-refractivity contribution in [1.29, 1.82) is 0 Å². The quantitative estimate of drug-likeness (QED) is 0.140. The van der Waals surface area contributed by atoms with E-state index in [1.54, 1.807) is 0 Å². The second-order valence-corrected chi connectivity index (χ2v) is 21.1. The van der Waals surface area contributed by atoms with E-state index in [0.29, 0.717) is 0 Å². The zero-order chi connectivity index (χ0) is 47.7. The average molecular weight is 901 g/mol. The lowest BCUT2D eigenvalue weighted by molar-refractivity contribution is 0.590. The molecule has 0 saturated heterocycles. The molecule has 12 aromatic carbocycles. The van der Waals surface area contributed by atoms with Crippen LogP contribution in [0.5, 0.6) is 0 Å². The van der Waals surface area contributed by atoms with Gasteiger partial charge in [0.2, 0.25) is 0 Å². The first-order valence-electron chi connectivity index (χ1n) is 24.7. The van der Waals surface area contributed by atoms with Crippen LogP contribution < -0.4 is 9.80 Å². The van der Waals surface area contributed by atoms with E-state index in [0.717, 1.165) is 34.1 Å². The van der Waals surface area contributed by atoms with E-state index < -0.39 is 0 Å². The third kappa shape index (κ3) is 7.71. The fraction of sp³-hybridized carbons (Fsp3) is 0.118. The zero-order valence-corrected chi connectivity index (χ0v) is 40.8. The summed E-state index contributed by atoms with van der Waals surface area (Å²) in [5.74, 6) is 0. The number of fused-ring (bicyclic) bond motifs is 2. The molecule has 0 spiro atoms. The molecular weight excluding hydrogens is 845 g/mol. The second kappa shape index (κ2) is 16.8. The van der Waals surface area contributed by atoms with Crippen LogP contribution in [-0.4, -0.2) is 0 Å². The fourth-order valence-electron chi connectivity index (χ4n) is 10.7. The highest BCUT2D eigenvalue weighted by atomic mass is 15.1. The van der Waals surface area contributed by atoms with Gasteiger partial charge in [-0.05, 0) is 171 Å². The normalized spacial score (nSPS) is 12.1. The van der Waals surface area contributed by atoms with Gasteiger partial charge in [0.05, 0.1) is 0 Å². The maximum atomic E-state index is 2.40. The molecule has 0 aliphatic rings. The van der Waals surface area contributed by atoms with Crippen LogP contribution in [0.1, 0.15) is 52.7 Å². The van der Waals surface area contributed by atoms with Crippen LogP contribution in [0.25, 0.3) is 76.1 Å². The van der Waals surface area contributed by atoms with Crippen molar-refractivity contribution >= 4 is 88.0 Å². The molecule has 12 aromatic rings. The van der Waals surface area contributed by atoms with Crippen molar-refractivity contribution in [2.45, 2.75) is 52.4 Å². The predicted octanol–water partition coefficient (Wildman–Crippen LogP) is 19.8. The molecule has 0 atom stereocenters. The summed E-state index contributed by atoms with van der Waals surface area (Å²) in [4.78, 5) is 4.78. The van der Waals surface area contributed by atoms with Crippen LogP contribution in [0.15, 0.2) is 231 Å². The van der Waals surface area contributed by atoms with Crippen LogP contribution in [-0.2, 0) is 10.8 Å². The van der Waals surface area contributed by atoms with E-state index in [1.807, 2.05) is 0 Å². The molecule has 0 heterocycles. The SMILES string of the molecule is CC(C)(C)c1ccc(N(c2ccc(-c3ccc4ccc5c(-c6cccc(N(c7ccc(C(C)(C)C)cc7)c7ccc8ccccc8c7)c6)ccc6ccc3c4c65)cc2)c2ccc3ccccc3c2)cc1. The number of hydrogen-bond donors (Lipinski definition) is 0. The number of hydrogen-bond acceptors (Lipinski definition) is 2. The molecule has 338 valence electrons. The van der Waals surface area contributed by atoms with Crippen molar-refractivity contribution in [3.8, 4) is 22.3 Å². The largest absolute Gasteiger partial charge is 0.310 e. The maximum Gasteiger partial charge on any atom is 0.0468 e. The summed E-state index contributed by atoms with van der Waals surface area (Å²) in [7, 11) is 0. The molecule has 0 aromatic heterocycles. The van der Waals surface area contributed by atoms with Crippen LogP contribution in [0.2, 0.25) is 0 Å². The van der Waals surface area contributed by atoms with E-state index in [9.17, 15) is 0 Å². The van der Waals surface area contributed by atoms with Gasteiger partial charge in [0.1, 0.15) is 0 Å².